The van der Waals surface area contributed by atoms with Crippen LogP contribution in [0.25, 0.3) is 22.4 Å². The highest BCUT2D eigenvalue weighted by Crippen LogP contribution is 2.23. The number of H-pyrrole nitrogens is 1. The average Bonchev–Trinajstić information content (AvgIpc) is 3.28. The van der Waals surface area contributed by atoms with Gasteiger partial charge in [0.05, 0.1) is 23.3 Å². The number of ether oxygens (including phenoxy) is 1. The summed E-state index contributed by atoms with van der Waals surface area (Å²) in [6.45, 7) is 4.25. The fourth-order valence-electron chi connectivity index (χ4n) is 2.87. The van der Waals surface area contributed by atoms with Crippen LogP contribution >= 0.6 is 0 Å². The van der Waals surface area contributed by atoms with E-state index in [4.69, 9.17) is 4.74 Å². The van der Waals surface area contributed by atoms with Gasteiger partial charge in [-0.05, 0) is 49.4 Å². The van der Waals surface area contributed by atoms with Gasteiger partial charge in [0, 0.05) is 5.56 Å². The first-order chi connectivity index (χ1) is 13.6. The standard InChI is InChI=1S/C19H19N7O2/c1-3-28-17-7-5-4-6-15(17)22-18(27)11-26-24-19(23-25-26)13-8-9-14-16(10-13)21-12(2)20-14/h4-10H,3,11H2,1-2H3,(H,20,21)(H,22,27). The van der Waals surface area contributed by atoms with Gasteiger partial charge in [-0.25, -0.2) is 4.98 Å². The fourth-order valence-corrected chi connectivity index (χ4v) is 2.87. The molecule has 28 heavy (non-hydrogen) atoms. The molecule has 2 N–H and O–H groups in total. The molecular weight excluding hydrogens is 358 g/mol. The summed E-state index contributed by atoms with van der Waals surface area (Å²) < 4.78 is 5.51. The lowest BCUT2D eigenvalue weighted by Crippen LogP contribution is -2.20. The van der Waals surface area contributed by atoms with Gasteiger partial charge in [0.15, 0.2) is 0 Å². The number of aryl methyl sites for hydroxylation is 1. The molecule has 2 aromatic heterocycles. The molecule has 0 fully saturated rings. The summed E-state index contributed by atoms with van der Waals surface area (Å²) >= 11 is 0. The number of anilines is 1. The van der Waals surface area contributed by atoms with Gasteiger partial charge in [0.2, 0.25) is 11.7 Å². The summed E-state index contributed by atoms with van der Waals surface area (Å²) in [5, 5.41) is 15.1. The molecule has 0 unspecified atom stereocenters. The van der Waals surface area contributed by atoms with Crippen molar-refractivity contribution >= 4 is 22.6 Å². The van der Waals surface area contributed by atoms with Crippen molar-refractivity contribution in [1.82, 2.24) is 30.2 Å². The van der Waals surface area contributed by atoms with E-state index in [1.807, 2.05) is 44.2 Å². The minimum absolute atomic E-state index is 0.0567. The van der Waals surface area contributed by atoms with Crippen molar-refractivity contribution in [3.63, 3.8) is 0 Å². The Labute approximate surface area is 160 Å². The molecule has 4 aromatic rings. The van der Waals surface area contributed by atoms with Crippen LogP contribution in [-0.4, -0.2) is 42.7 Å². The topological polar surface area (TPSA) is 111 Å². The Balaban J connectivity index is 1.47. The highest BCUT2D eigenvalue weighted by atomic mass is 16.5. The first-order valence-corrected chi connectivity index (χ1v) is 8.88. The molecule has 0 atom stereocenters. The maximum absolute atomic E-state index is 12.4. The molecule has 0 aliphatic heterocycles. The number of carbonyl (C=O) groups excluding carboxylic acids is 1. The number of fused-ring (bicyclic) bond motifs is 1. The van der Waals surface area contributed by atoms with Crippen molar-refractivity contribution in [2.45, 2.75) is 20.4 Å². The van der Waals surface area contributed by atoms with Gasteiger partial charge in [0.25, 0.3) is 0 Å². The van der Waals surface area contributed by atoms with E-state index < -0.39 is 0 Å². The van der Waals surface area contributed by atoms with Crippen molar-refractivity contribution in [3.05, 3.63) is 48.3 Å². The zero-order valence-electron chi connectivity index (χ0n) is 15.5. The summed E-state index contributed by atoms with van der Waals surface area (Å²) in [6.07, 6.45) is 0. The molecule has 0 aliphatic carbocycles. The average molecular weight is 377 g/mol. The zero-order chi connectivity index (χ0) is 19.5. The minimum Gasteiger partial charge on any atom is -0.492 e. The summed E-state index contributed by atoms with van der Waals surface area (Å²) in [7, 11) is 0. The third kappa shape index (κ3) is 3.68. The van der Waals surface area contributed by atoms with Gasteiger partial charge in [0.1, 0.15) is 18.1 Å². The Morgan fingerprint density at radius 1 is 1.25 bits per heavy atom. The fraction of sp³-hybridized carbons (Fsp3) is 0.211. The molecule has 2 aromatic carbocycles. The van der Waals surface area contributed by atoms with E-state index in [2.05, 4.69) is 30.7 Å². The quantitative estimate of drug-likeness (QED) is 0.534. The summed E-state index contributed by atoms with van der Waals surface area (Å²) in [5.41, 5.74) is 3.18. The van der Waals surface area contributed by atoms with E-state index in [1.165, 1.54) is 4.80 Å². The molecule has 0 saturated heterocycles. The lowest BCUT2D eigenvalue weighted by molar-refractivity contribution is -0.117. The molecule has 4 rings (SSSR count). The molecule has 0 spiro atoms. The number of imidazole rings is 1. The largest absolute Gasteiger partial charge is 0.492 e. The Hall–Kier alpha value is -3.75. The number of nitrogens with zero attached hydrogens (tertiary/aromatic N) is 5. The molecule has 9 nitrogen and oxygen atoms in total. The van der Waals surface area contributed by atoms with Gasteiger partial charge < -0.3 is 15.0 Å². The van der Waals surface area contributed by atoms with Gasteiger partial charge >= 0.3 is 0 Å². The number of hydrogen-bond acceptors (Lipinski definition) is 6. The van der Waals surface area contributed by atoms with Crippen LogP contribution in [0.3, 0.4) is 0 Å². The Kier molecular flexibility index (Phi) is 4.71. The number of tetrazole rings is 1. The Bertz CT molecular complexity index is 1130. The van der Waals surface area contributed by atoms with Gasteiger partial charge in [-0.1, -0.05) is 12.1 Å². The number of aromatic amines is 1. The third-order valence-corrected chi connectivity index (χ3v) is 4.06. The van der Waals surface area contributed by atoms with Gasteiger partial charge in [-0.3, -0.25) is 4.79 Å². The Morgan fingerprint density at radius 3 is 2.96 bits per heavy atom. The highest BCUT2D eigenvalue weighted by Gasteiger charge is 2.12. The second-order valence-electron chi connectivity index (χ2n) is 6.17. The molecule has 1 amide bonds. The maximum Gasteiger partial charge on any atom is 0.248 e. The molecule has 0 aliphatic rings. The molecule has 0 radical (unpaired) electrons. The predicted molar refractivity (Wildman–Crippen MR) is 104 cm³/mol. The number of aromatic nitrogens is 6. The third-order valence-electron chi connectivity index (χ3n) is 4.06. The maximum atomic E-state index is 12.4. The zero-order valence-corrected chi connectivity index (χ0v) is 15.5. The highest BCUT2D eigenvalue weighted by molar-refractivity contribution is 5.92. The Morgan fingerprint density at radius 2 is 2.11 bits per heavy atom. The number of carbonyl (C=O) groups is 1. The van der Waals surface area contributed by atoms with Gasteiger partial charge in [-0.15, -0.1) is 10.2 Å². The van der Waals surface area contributed by atoms with E-state index in [0.717, 1.165) is 22.4 Å². The van der Waals surface area contributed by atoms with Crippen molar-refractivity contribution in [2.24, 2.45) is 0 Å². The van der Waals surface area contributed by atoms with Crippen molar-refractivity contribution in [3.8, 4) is 17.1 Å². The van der Waals surface area contributed by atoms with Crippen LogP contribution < -0.4 is 10.1 Å². The number of benzene rings is 2. The lowest BCUT2D eigenvalue weighted by atomic mass is 10.2. The number of amides is 1. The van der Waals surface area contributed by atoms with Crippen LogP contribution in [0.2, 0.25) is 0 Å². The van der Waals surface area contributed by atoms with E-state index in [-0.39, 0.29) is 12.5 Å². The van der Waals surface area contributed by atoms with Crippen molar-refractivity contribution in [2.75, 3.05) is 11.9 Å². The number of rotatable bonds is 6. The molecule has 9 heteroatoms. The molecule has 2 heterocycles. The van der Waals surface area contributed by atoms with Crippen LogP contribution in [0.1, 0.15) is 12.7 Å². The summed E-state index contributed by atoms with van der Waals surface area (Å²) in [5.74, 6) is 1.63. The minimum atomic E-state index is -0.268. The van der Waals surface area contributed by atoms with Crippen molar-refractivity contribution < 1.29 is 9.53 Å². The summed E-state index contributed by atoms with van der Waals surface area (Å²) in [6, 6.07) is 13.0. The second-order valence-corrected chi connectivity index (χ2v) is 6.17. The van der Waals surface area contributed by atoms with Crippen LogP contribution in [-0.2, 0) is 11.3 Å². The normalized spacial score (nSPS) is 10.9. The smallest absolute Gasteiger partial charge is 0.248 e. The van der Waals surface area contributed by atoms with Crippen LogP contribution in [0.15, 0.2) is 42.5 Å². The van der Waals surface area contributed by atoms with E-state index >= 15 is 0 Å². The molecule has 0 bridgehead atoms. The monoisotopic (exact) mass is 377 g/mol. The lowest BCUT2D eigenvalue weighted by Gasteiger charge is -2.10. The number of hydrogen-bond donors (Lipinski definition) is 2. The van der Waals surface area contributed by atoms with Crippen LogP contribution in [0, 0.1) is 6.92 Å². The van der Waals surface area contributed by atoms with Gasteiger partial charge in [-0.2, -0.15) is 4.80 Å². The van der Waals surface area contributed by atoms with Crippen LogP contribution in [0.4, 0.5) is 5.69 Å². The van der Waals surface area contributed by atoms with E-state index in [1.54, 1.807) is 12.1 Å². The number of para-hydroxylation sites is 2. The van der Waals surface area contributed by atoms with Crippen molar-refractivity contribution in [1.29, 1.82) is 0 Å². The summed E-state index contributed by atoms with van der Waals surface area (Å²) in [4.78, 5) is 21.2. The molecular formula is C19H19N7O2. The first kappa shape index (κ1) is 17.7. The van der Waals surface area contributed by atoms with E-state index in [9.17, 15) is 4.79 Å². The van der Waals surface area contributed by atoms with Crippen LogP contribution in [0.5, 0.6) is 5.75 Å². The molecule has 0 saturated carbocycles. The van der Waals surface area contributed by atoms with E-state index in [0.29, 0.717) is 23.9 Å². The SMILES string of the molecule is CCOc1ccccc1NC(=O)Cn1nnc(-c2ccc3nc(C)[nH]c3c2)n1. The second kappa shape index (κ2) is 7.47. The molecule has 142 valence electrons. The predicted octanol–water partition coefficient (Wildman–Crippen LogP) is 2.56. The first-order valence-electron chi connectivity index (χ1n) is 8.88. The number of nitrogens with one attached hydrogen (secondary N) is 2.